The lowest BCUT2D eigenvalue weighted by atomic mass is 10.1. The zero-order chi connectivity index (χ0) is 12.1. The molecule has 0 saturated heterocycles. The van der Waals surface area contributed by atoms with Crippen LogP contribution in [0.4, 0.5) is 11.4 Å². The van der Waals surface area contributed by atoms with Crippen molar-refractivity contribution in [3.05, 3.63) is 23.8 Å². The topological polar surface area (TPSA) is 64.3 Å². The highest BCUT2D eigenvalue weighted by Gasteiger charge is 2.14. The molecule has 16 heavy (non-hydrogen) atoms. The highest BCUT2D eigenvalue weighted by molar-refractivity contribution is 5.79. The number of aryl methyl sites for hydroxylation is 1. The Morgan fingerprint density at radius 3 is 2.88 bits per heavy atom. The summed E-state index contributed by atoms with van der Waals surface area (Å²) in [7, 11) is 0. The first-order chi connectivity index (χ1) is 7.54. The Labute approximate surface area is 95.8 Å². The first kappa shape index (κ1) is 12.4. The van der Waals surface area contributed by atoms with Gasteiger partial charge < -0.3 is 15.8 Å². The van der Waals surface area contributed by atoms with Gasteiger partial charge in [-0.3, -0.25) is 0 Å². The number of carbonyl (C=O) groups is 1. The number of hydrogen-bond acceptors (Lipinski definition) is 4. The summed E-state index contributed by atoms with van der Waals surface area (Å²) in [4.78, 5) is 11.4. The molecular weight excluding hydrogens is 204 g/mol. The summed E-state index contributed by atoms with van der Waals surface area (Å²) in [6.45, 7) is 5.90. The molecule has 0 radical (unpaired) electrons. The Morgan fingerprint density at radius 2 is 2.25 bits per heavy atom. The van der Waals surface area contributed by atoms with Gasteiger partial charge in [0, 0.05) is 11.4 Å². The molecule has 0 spiro atoms. The Balaban J connectivity index is 2.72. The van der Waals surface area contributed by atoms with Gasteiger partial charge in [-0.1, -0.05) is 6.07 Å². The lowest BCUT2D eigenvalue weighted by Crippen LogP contribution is -2.28. The minimum atomic E-state index is -0.375. The molecule has 1 unspecified atom stereocenters. The van der Waals surface area contributed by atoms with E-state index in [1.165, 1.54) is 0 Å². The van der Waals surface area contributed by atoms with Crippen molar-refractivity contribution < 1.29 is 9.53 Å². The maximum absolute atomic E-state index is 11.4. The predicted molar refractivity (Wildman–Crippen MR) is 65.3 cm³/mol. The molecule has 0 aliphatic heterocycles. The third-order valence-corrected chi connectivity index (χ3v) is 2.27. The zero-order valence-electron chi connectivity index (χ0n) is 9.91. The smallest absolute Gasteiger partial charge is 0.328 e. The van der Waals surface area contributed by atoms with Crippen molar-refractivity contribution in [1.82, 2.24) is 0 Å². The van der Waals surface area contributed by atoms with Crippen LogP contribution in [0.25, 0.3) is 0 Å². The lowest BCUT2D eigenvalue weighted by Gasteiger charge is -2.16. The molecule has 1 aromatic carbocycles. The fourth-order valence-electron chi connectivity index (χ4n) is 1.35. The van der Waals surface area contributed by atoms with Crippen LogP contribution in [-0.4, -0.2) is 18.6 Å². The maximum Gasteiger partial charge on any atom is 0.328 e. The van der Waals surface area contributed by atoms with E-state index >= 15 is 0 Å². The van der Waals surface area contributed by atoms with Crippen LogP contribution < -0.4 is 11.1 Å². The first-order valence-electron chi connectivity index (χ1n) is 5.34. The van der Waals surface area contributed by atoms with Crippen LogP contribution in [0.1, 0.15) is 19.4 Å². The molecule has 1 atom stereocenters. The van der Waals surface area contributed by atoms with E-state index in [2.05, 4.69) is 5.32 Å². The number of anilines is 2. The third-order valence-electron chi connectivity index (χ3n) is 2.27. The summed E-state index contributed by atoms with van der Waals surface area (Å²) in [5.74, 6) is -0.260. The van der Waals surface area contributed by atoms with Gasteiger partial charge in [-0.2, -0.15) is 0 Å². The Kier molecular flexibility index (Phi) is 4.17. The molecule has 0 aromatic heterocycles. The summed E-state index contributed by atoms with van der Waals surface area (Å²) in [6, 6.07) is 5.18. The van der Waals surface area contributed by atoms with Crippen LogP contribution in [0.3, 0.4) is 0 Å². The van der Waals surface area contributed by atoms with Crippen LogP contribution in [0.5, 0.6) is 0 Å². The molecule has 1 aromatic rings. The van der Waals surface area contributed by atoms with E-state index < -0.39 is 0 Å². The van der Waals surface area contributed by atoms with Crippen molar-refractivity contribution in [2.24, 2.45) is 0 Å². The van der Waals surface area contributed by atoms with Gasteiger partial charge in [0.1, 0.15) is 6.04 Å². The number of rotatable bonds is 4. The molecule has 0 aliphatic rings. The molecule has 1 rings (SSSR count). The first-order valence-corrected chi connectivity index (χ1v) is 5.34. The number of ether oxygens (including phenoxy) is 1. The van der Waals surface area contributed by atoms with Gasteiger partial charge in [0.25, 0.3) is 0 Å². The van der Waals surface area contributed by atoms with E-state index in [0.717, 1.165) is 11.3 Å². The monoisotopic (exact) mass is 222 g/mol. The van der Waals surface area contributed by atoms with E-state index in [9.17, 15) is 4.79 Å². The SMILES string of the molecule is CCOC(=O)C(C)Nc1cc(N)ccc1C. The lowest BCUT2D eigenvalue weighted by molar-refractivity contribution is -0.143. The molecule has 88 valence electrons. The van der Waals surface area contributed by atoms with E-state index in [0.29, 0.717) is 12.3 Å². The molecule has 0 heterocycles. The maximum atomic E-state index is 11.4. The summed E-state index contributed by atoms with van der Waals surface area (Å²) < 4.78 is 4.91. The summed E-state index contributed by atoms with van der Waals surface area (Å²) in [5, 5.41) is 3.08. The zero-order valence-corrected chi connectivity index (χ0v) is 9.91. The van der Waals surface area contributed by atoms with Crippen molar-refractivity contribution in [3.8, 4) is 0 Å². The number of hydrogen-bond donors (Lipinski definition) is 2. The van der Waals surface area contributed by atoms with Gasteiger partial charge in [0.2, 0.25) is 0 Å². The van der Waals surface area contributed by atoms with E-state index in [1.54, 1.807) is 13.8 Å². The normalized spacial score (nSPS) is 11.9. The summed E-state index contributed by atoms with van der Waals surface area (Å²) >= 11 is 0. The predicted octanol–water partition coefficient (Wildman–Crippen LogP) is 1.94. The van der Waals surface area contributed by atoms with E-state index in [-0.39, 0.29) is 12.0 Å². The van der Waals surface area contributed by atoms with Crippen molar-refractivity contribution in [2.75, 3.05) is 17.7 Å². The fraction of sp³-hybridized carbons (Fsp3) is 0.417. The molecule has 4 nitrogen and oxygen atoms in total. The van der Waals surface area contributed by atoms with Gasteiger partial charge in [0.05, 0.1) is 6.61 Å². The van der Waals surface area contributed by atoms with Gasteiger partial charge in [-0.15, -0.1) is 0 Å². The van der Waals surface area contributed by atoms with Gasteiger partial charge in [-0.05, 0) is 38.5 Å². The number of nitrogen functional groups attached to an aromatic ring is 1. The standard InChI is InChI=1S/C12H18N2O2/c1-4-16-12(15)9(3)14-11-7-10(13)6-5-8(11)2/h5-7,9,14H,4,13H2,1-3H3. The highest BCUT2D eigenvalue weighted by Crippen LogP contribution is 2.19. The molecule has 0 amide bonds. The van der Waals surface area contributed by atoms with E-state index in [4.69, 9.17) is 10.5 Å². The average molecular weight is 222 g/mol. The number of esters is 1. The number of carbonyl (C=O) groups excluding carboxylic acids is 1. The third kappa shape index (κ3) is 3.15. The number of nitrogens with two attached hydrogens (primary N) is 1. The highest BCUT2D eigenvalue weighted by atomic mass is 16.5. The van der Waals surface area contributed by atoms with Crippen LogP contribution in [0, 0.1) is 6.92 Å². The summed E-state index contributed by atoms with van der Waals surface area (Å²) in [6.07, 6.45) is 0. The van der Waals surface area contributed by atoms with Crippen molar-refractivity contribution in [1.29, 1.82) is 0 Å². The van der Waals surface area contributed by atoms with Crippen LogP contribution in [0.15, 0.2) is 18.2 Å². The second-order valence-corrected chi connectivity index (χ2v) is 3.69. The molecule has 0 fully saturated rings. The molecule has 4 heteroatoms. The molecule has 0 saturated carbocycles. The number of benzene rings is 1. The minimum Gasteiger partial charge on any atom is -0.464 e. The van der Waals surface area contributed by atoms with Gasteiger partial charge in [-0.25, -0.2) is 4.79 Å². The minimum absolute atomic E-state index is 0.260. The molecule has 0 aliphatic carbocycles. The molecule has 0 bridgehead atoms. The average Bonchev–Trinajstić information content (AvgIpc) is 2.23. The van der Waals surface area contributed by atoms with Crippen LogP contribution in [-0.2, 0) is 9.53 Å². The quantitative estimate of drug-likeness (QED) is 0.603. The number of nitrogens with one attached hydrogen (secondary N) is 1. The summed E-state index contributed by atoms with van der Waals surface area (Å²) in [5.41, 5.74) is 8.26. The molecular formula is C12H18N2O2. The Bertz CT molecular complexity index is 377. The second kappa shape index (κ2) is 5.39. The van der Waals surface area contributed by atoms with E-state index in [1.807, 2.05) is 25.1 Å². The second-order valence-electron chi connectivity index (χ2n) is 3.69. The van der Waals surface area contributed by atoms with Crippen molar-refractivity contribution in [2.45, 2.75) is 26.8 Å². The van der Waals surface area contributed by atoms with Crippen LogP contribution in [0.2, 0.25) is 0 Å². The molecule has 3 N–H and O–H groups in total. The van der Waals surface area contributed by atoms with Crippen molar-refractivity contribution >= 4 is 17.3 Å². The Hall–Kier alpha value is -1.71. The fourth-order valence-corrected chi connectivity index (χ4v) is 1.35. The largest absolute Gasteiger partial charge is 0.464 e. The van der Waals surface area contributed by atoms with Gasteiger partial charge in [0.15, 0.2) is 0 Å². The van der Waals surface area contributed by atoms with Crippen LogP contribution >= 0.6 is 0 Å². The van der Waals surface area contributed by atoms with Crippen molar-refractivity contribution in [3.63, 3.8) is 0 Å². The Morgan fingerprint density at radius 1 is 1.56 bits per heavy atom. The van der Waals surface area contributed by atoms with Gasteiger partial charge >= 0.3 is 5.97 Å².